The van der Waals surface area contributed by atoms with Crippen molar-refractivity contribution in [3.63, 3.8) is 0 Å². The Bertz CT molecular complexity index is 1110. The molecule has 36 heavy (non-hydrogen) atoms. The molecule has 0 fully saturated rings. The molecule has 0 radical (unpaired) electrons. The van der Waals surface area contributed by atoms with Crippen LogP contribution in [0, 0.1) is 5.92 Å². The van der Waals surface area contributed by atoms with E-state index in [4.69, 9.17) is 14.2 Å². The van der Waals surface area contributed by atoms with Crippen LogP contribution >= 0.6 is 0 Å². The highest BCUT2D eigenvalue weighted by atomic mass is 19.1. The molecule has 1 atom stereocenters. The molecular weight excluding hydrogens is 461 g/mol. The summed E-state index contributed by atoms with van der Waals surface area (Å²) < 4.78 is 30.4. The summed E-state index contributed by atoms with van der Waals surface area (Å²) in [6.07, 6.45) is 11.0. The van der Waals surface area contributed by atoms with E-state index in [1.807, 2.05) is 43.5 Å². The summed E-state index contributed by atoms with van der Waals surface area (Å²) in [6.45, 7) is 5.67. The molecule has 1 aromatic carbocycles. The summed E-state index contributed by atoms with van der Waals surface area (Å²) in [5, 5.41) is 2.87. The number of hydrogen-bond acceptors (Lipinski definition) is 6. The fraction of sp³-hybridized carbons (Fsp3) is 0.357. The van der Waals surface area contributed by atoms with Crippen LogP contribution in [-0.2, 0) is 16.0 Å². The monoisotopic (exact) mass is 493 g/mol. The fourth-order valence-electron chi connectivity index (χ4n) is 4.02. The van der Waals surface area contributed by atoms with E-state index < -0.39 is 0 Å². The van der Waals surface area contributed by atoms with Crippen molar-refractivity contribution in [3.05, 3.63) is 78.7 Å². The van der Waals surface area contributed by atoms with E-state index in [1.54, 1.807) is 24.6 Å². The zero-order chi connectivity index (χ0) is 25.2. The van der Waals surface area contributed by atoms with Crippen molar-refractivity contribution in [3.8, 4) is 22.6 Å². The maximum Gasteiger partial charge on any atom is 0.226 e. The van der Waals surface area contributed by atoms with Crippen LogP contribution in [0.25, 0.3) is 11.1 Å². The lowest BCUT2D eigenvalue weighted by atomic mass is 10.0. The average Bonchev–Trinajstić information content (AvgIpc) is 2.89. The second-order valence-corrected chi connectivity index (χ2v) is 8.60. The van der Waals surface area contributed by atoms with Crippen molar-refractivity contribution in [1.29, 1.82) is 0 Å². The van der Waals surface area contributed by atoms with Gasteiger partial charge in [0.1, 0.15) is 30.5 Å². The molecule has 1 aliphatic heterocycles. The summed E-state index contributed by atoms with van der Waals surface area (Å²) in [5.74, 6) is 1.04. The number of nitrogens with one attached hydrogen (secondary N) is 1. The molecule has 7 nitrogen and oxygen atoms in total. The average molecular weight is 494 g/mol. The highest BCUT2D eigenvalue weighted by molar-refractivity contribution is 5.78. The quantitative estimate of drug-likeness (QED) is 0.500. The van der Waals surface area contributed by atoms with Crippen LogP contribution in [0.2, 0.25) is 0 Å². The van der Waals surface area contributed by atoms with Crippen molar-refractivity contribution in [2.45, 2.75) is 19.8 Å². The molecule has 1 amide bonds. The fourth-order valence-corrected chi connectivity index (χ4v) is 4.02. The number of benzene rings is 1. The van der Waals surface area contributed by atoms with E-state index in [0.29, 0.717) is 37.8 Å². The van der Waals surface area contributed by atoms with Crippen LogP contribution in [0.1, 0.15) is 19.0 Å². The summed E-state index contributed by atoms with van der Waals surface area (Å²) in [5.41, 5.74) is 2.45. The molecular formula is C28H32FN3O4. The van der Waals surface area contributed by atoms with Gasteiger partial charge in [0.15, 0.2) is 0 Å². The van der Waals surface area contributed by atoms with Gasteiger partial charge in [-0.1, -0.05) is 12.1 Å². The van der Waals surface area contributed by atoms with Gasteiger partial charge in [0, 0.05) is 47.7 Å². The molecule has 2 aromatic rings. The van der Waals surface area contributed by atoms with Gasteiger partial charge in [-0.15, -0.1) is 0 Å². The Morgan fingerprint density at radius 1 is 1.28 bits per heavy atom. The number of ether oxygens (including phenoxy) is 3. The molecule has 2 aliphatic rings. The zero-order valence-corrected chi connectivity index (χ0v) is 20.5. The van der Waals surface area contributed by atoms with Gasteiger partial charge in [0.25, 0.3) is 0 Å². The minimum atomic E-state index is -0.256. The number of rotatable bonds is 11. The van der Waals surface area contributed by atoms with Crippen LogP contribution in [0.3, 0.4) is 0 Å². The smallest absolute Gasteiger partial charge is 0.226 e. The topological polar surface area (TPSA) is 72.9 Å². The largest absolute Gasteiger partial charge is 0.498 e. The Labute approximate surface area is 211 Å². The summed E-state index contributed by atoms with van der Waals surface area (Å²) in [6, 6.07) is 9.55. The van der Waals surface area contributed by atoms with Crippen molar-refractivity contribution in [2.75, 3.05) is 39.5 Å². The van der Waals surface area contributed by atoms with Crippen LogP contribution < -0.4 is 14.8 Å². The normalized spacial score (nSPS) is 16.8. The van der Waals surface area contributed by atoms with E-state index in [-0.39, 0.29) is 24.1 Å². The van der Waals surface area contributed by atoms with E-state index in [2.05, 4.69) is 15.2 Å². The van der Waals surface area contributed by atoms with Gasteiger partial charge >= 0.3 is 0 Å². The molecule has 0 saturated carbocycles. The molecule has 1 aliphatic carbocycles. The number of carbonyl (C=O) groups is 1. The number of carbonyl (C=O) groups excluding carboxylic acids is 1. The molecule has 1 aromatic heterocycles. The lowest BCUT2D eigenvalue weighted by Gasteiger charge is -2.23. The van der Waals surface area contributed by atoms with E-state index in [9.17, 15) is 9.18 Å². The number of nitrogens with zero attached hydrogens (tertiary/aromatic N) is 2. The number of pyridine rings is 1. The minimum Gasteiger partial charge on any atom is -0.498 e. The first kappa shape index (κ1) is 25.3. The van der Waals surface area contributed by atoms with Crippen LogP contribution in [0.5, 0.6) is 11.5 Å². The zero-order valence-electron chi connectivity index (χ0n) is 20.5. The third kappa shape index (κ3) is 7.34. The van der Waals surface area contributed by atoms with Crippen molar-refractivity contribution >= 4 is 5.91 Å². The molecule has 4 rings (SSSR count). The van der Waals surface area contributed by atoms with Gasteiger partial charge in [-0.3, -0.25) is 9.78 Å². The first-order chi connectivity index (χ1) is 17.6. The van der Waals surface area contributed by atoms with Gasteiger partial charge in [-0.2, -0.15) is 0 Å². The Morgan fingerprint density at radius 2 is 2.19 bits per heavy atom. The van der Waals surface area contributed by atoms with Crippen LogP contribution in [0.4, 0.5) is 4.39 Å². The highest BCUT2D eigenvalue weighted by Crippen LogP contribution is 2.33. The molecule has 8 heteroatoms. The first-order valence-electron chi connectivity index (χ1n) is 12.3. The lowest BCUT2D eigenvalue weighted by Crippen LogP contribution is -2.30. The Kier molecular flexibility index (Phi) is 8.97. The number of allylic oxidation sites excluding steroid dienone is 3. The highest BCUT2D eigenvalue weighted by Gasteiger charge is 2.14. The Morgan fingerprint density at radius 3 is 2.94 bits per heavy atom. The van der Waals surface area contributed by atoms with Crippen LogP contribution in [-0.4, -0.2) is 55.2 Å². The van der Waals surface area contributed by atoms with E-state index in [1.165, 1.54) is 6.08 Å². The van der Waals surface area contributed by atoms with Gasteiger partial charge in [-0.25, -0.2) is 4.39 Å². The number of hydrogen-bond donors (Lipinski definition) is 1. The van der Waals surface area contributed by atoms with E-state index >= 15 is 0 Å². The van der Waals surface area contributed by atoms with Gasteiger partial charge in [-0.05, 0) is 43.7 Å². The second-order valence-electron chi connectivity index (χ2n) is 8.60. The Hall–Kier alpha value is -3.81. The molecule has 0 bridgehead atoms. The van der Waals surface area contributed by atoms with Crippen molar-refractivity contribution < 1.29 is 23.4 Å². The summed E-state index contributed by atoms with van der Waals surface area (Å²) >= 11 is 0. The molecule has 1 N–H and O–H groups in total. The van der Waals surface area contributed by atoms with Gasteiger partial charge in [0.2, 0.25) is 5.91 Å². The van der Waals surface area contributed by atoms with Gasteiger partial charge < -0.3 is 24.4 Å². The lowest BCUT2D eigenvalue weighted by molar-refractivity contribution is -0.120. The number of amides is 1. The predicted molar refractivity (Wildman–Crippen MR) is 136 cm³/mol. The predicted octanol–water partition coefficient (Wildman–Crippen LogP) is 4.42. The third-order valence-corrected chi connectivity index (χ3v) is 5.91. The van der Waals surface area contributed by atoms with E-state index in [0.717, 1.165) is 36.4 Å². The standard InChI is InChI=1S/C28H32FN3O4/c1-2-35-25-8-9-26(27(18-25)36-15-12-32-10-13-34-14-11-32)22-6-7-24(30-20-22)17-28(33)31-19-21-4-3-5-23(29)16-21/h3,5-10,13,16,18,20-21H,2,4,11-12,14-15,17,19H2,1H3,(H,31,33). The first-order valence-corrected chi connectivity index (χ1v) is 12.3. The molecule has 0 saturated heterocycles. The van der Waals surface area contributed by atoms with Crippen molar-refractivity contribution in [1.82, 2.24) is 15.2 Å². The maximum absolute atomic E-state index is 13.4. The summed E-state index contributed by atoms with van der Waals surface area (Å²) in [7, 11) is 0. The Balaban J connectivity index is 1.37. The van der Waals surface area contributed by atoms with Crippen molar-refractivity contribution in [2.24, 2.45) is 5.92 Å². The maximum atomic E-state index is 13.4. The molecule has 2 heterocycles. The summed E-state index contributed by atoms with van der Waals surface area (Å²) in [4.78, 5) is 19.0. The molecule has 190 valence electrons. The third-order valence-electron chi connectivity index (χ3n) is 5.91. The molecule has 1 unspecified atom stereocenters. The van der Waals surface area contributed by atoms with Gasteiger partial charge in [0.05, 0.1) is 32.4 Å². The minimum absolute atomic E-state index is 0.0216. The number of aromatic nitrogens is 1. The second kappa shape index (κ2) is 12.8. The van der Waals surface area contributed by atoms with Crippen LogP contribution in [0.15, 0.2) is 73.0 Å². The number of halogens is 1. The molecule has 0 spiro atoms. The SMILES string of the molecule is CCOc1ccc(-c2ccc(CC(=O)NCC3C=C(F)C=CC3)nc2)c(OCCN2C=COCC2)c1.